The molecule has 1 fully saturated rings. The molecule has 1 aliphatic heterocycles. The van der Waals surface area contributed by atoms with Crippen molar-refractivity contribution in [2.45, 2.75) is 44.8 Å². The van der Waals surface area contributed by atoms with Crippen molar-refractivity contribution in [3.63, 3.8) is 0 Å². The summed E-state index contributed by atoms with van der Waals surface area (Å²) in [5.41, 5.74) is 8.77. The zero-order valence-electron chi connectivity index (χ0n) is 10.4. The van der Waals surface area contributed by atoms with Crippen LogP contribution in [0, 0.1) is 0 Å². The second-order valence-corrected chi connectivity index (χ2v) is 5.62. The average Bonchev–Trinajstić information content (AvgIpc) is 2.63. The Hall–Kier alpha value is -0.860. The highest BCUT2D eigenvalue weighted by Crippen LogP contribution is 2.29. The van der Waals surface area contributed by atoms with Gasteiger partial charge in [0.1, 0.15) is 0 Å². The first kappa shape index (κ1) is 11.6. The summed E-state index contributed by atoms with van der Waals surface area (Å²) in [6.45, 7) is 7.45. The minimum absolute atomic E-state index is 0.0917. The van der Waals surface area contributed by atoms with E-state index in [9.17, 15) is 0 Å². The quantitative estimate of drug-likeness (QED) is 0.788. The molecule has 0 aliphatic carbocycles. The van der Waals surface area contributed by atoms with E-state index in [4.69, 9.17) is 10.5 Å². The highest BCUT2D eigenvalue weighted by Gasteiger charge is 2.26. The molecule has 0 radical (unpaired) electrons. The fourth-order valence-corrected chi connectivity index (χ4v) is 2.12. The Bertz CT molecular complexity index is 350. The van der Waals surface area contributed by atoms with Crippen LogP contribution in [-0.2, 0) is 10.2 Å². The van der Waals surface area contributed by atoms with Crippen LogP contribution >= 0.6 is 0 Å². The smallest absolute Gasteiger partial charge is 0.0976 e. The number of benzene rings is 1. The van der Waals surface area contributed by atoms with Crippen LogP contribution in [0.15, 0.2) is 24.3 Å². The van der Waals surface area contributed by atoms with Gasteiger partial charge in [0.15, 0.2) is 0 Å². The fourth-order valence-electron chi connectivity index (χ4n) is 2.12. The number of nitrogens with two attached hydrogens (primary N) is 1. The molecule has 0 spiro atoms. The topological polar surface area (TPSA) is 35.2 Å². The van der Waals surface area contributed by atoms with Gasteiger partial charge in [0, 0.05) is 12.6 Å². The first-order valence-corrected chi connectivity index (χ1v) is 5.96. The van der Waals surface area contributed by atoms with Gasteiger partial charge in [0.05, 0.1) is 6.10 Å². The molecule has 2 heteroatoms. The van der Waals surface area contributed by atoms with Gasteiger partial charge in [0.25, 0.3) is 0 Å². The lowest BCUT2D eigenvalue weighted by Gasteiger charge is -2.21. The SMILES string of the molecule is CC(C)(C)c1ccc(C2OCCC2N)cc1. The highest BCUT2D eigenvalue weighted by molar-refractivity contribution is 5.29. The molecule has 2 atom stereocenters. The van der Waals surface area contributed by atoms with E-state index in [-0.39, 0.29) is 17.6 Å². The van der Waals surface area contributed by atoms with Crippen molar-refractivity contribution in [1.29, 1.82) is 0 Å². The Morgan fingerprint density at radius 1 is 1.19 bits per heavy atom. The van der Waals surface area contributed by atoms with E-state index in [1.165, 1.54) is 11.1 Å². The number of hydrogen-bond acceptors (Lipinski definition) is 2. The molecule has 0 amide bonds. The van der Waals surface area contributed by atoms with Gasteiger partial charge in [-0.3, -0.25) is 0 Å². The van der Waals surface area contributed by atoms with Crippen molar-refractivity contribution >= 4 is 0 Å². The van der Waals surface area contributed by atoms with Crippen LogP contribution in [0.1, 0.15) is 44.4 Å². The number of ether oxygens (including phenoxy) is 1. The van der Waals surface area contributed by atoms with Gasteiger partial charge in [0.2, 0.25) is 0 Å². The normalized spacial score (nSPS) is 26.0. The zero-order valence-corrected chi connectivity index (χ0v) is 10.4. The minimum Gasteiger partial charge on any atom is -0.372 e. The molecule has 2 unspecified atom stereocenters. The Balaban J connectivity index is 2.19. The average molecular weight is 219 g/mol. The first-order valence-electron chi connectivity index (χ1n) is 5.96. The summed E-state index contributed by atoms with van der Waals surface area (Å²) in [6, 6.07) is 8.82. The van der Waals surface area contributed by atoms with E-state index in [0.29, 0.717) is 0 Å². The lowest BCUT2D eigenvalue weighted by molar-refractivity contribution is 0.105. The molecule has 2 rings (SSSR count). The second kappa shape index (κ2) is 4.19. The molecule has 2 nitrogen and oxygen atoms in total. The van der Waals surface area contributed by atoms with Crippen LogP contribution in [0.3, 0.4) is 0 Å². The lowest BCUT2D eigenvalue weighted by atomic mass is 9.86. The summed E-state index contributed by atoms with van der Waals surface area (Å²) in [6.07, 6.45) is 1.06. The van der Waals surface area contributed by atoms with Crippen molar-refractivity contribution in [3.05, 3.63) is 35.4 Å². The van der Waals surface area contributed by atoms with Crippen molar-refractivity contribution in [2.24, 2.45) is 5.73 Å². The van der Waals surface area contributed by atoms with Crippen LogP contribution in [0.2, 0.25) is 0 Å². The van der Waals surface area contributed by atoms with E-state index >= 15 is 0 Å². The van der Waals surface area contributed by atoms with Crippen LogP contribution in [-0.4, -0.2) is 12.6 Å². The highest BCUT2D eigenvalue weighted by atomic mass is 16.5. The fraction of sp³-hybridized carbons (Fsp3) is 0.571. The van der Waals surface area contributed by atoms with Gasteiger partial charge in [-0.15, -0.1) is 0 Å². The van der Waals surface area contributed by atoms with E-state index < -0.39 is 0 Å². The molecule has 1 saturated heterocycles. The van der Waals surface area contributed by atoms with Crippen molar-refractivity contribution in [3.8, 4) is 0 Å². The molecule has 0 bridgehead atoms. The van der Waals surface area contributed by atoms with Crippen molar-refractivity contribution in [2.75, 3.05) is 6.61 Å². The Morgan fingerprint density at radius 2 is 1.81 bits per heavy atom. The molecule has 0 aromatic heterocycles. The van der Waals surface area contributed by atoms with Gasteiger partial charge in [-0.1, -0.05) is 45.0 Å². The summed E-state index contributed by atoms with van der Waals surface area (Å²) in [4.78, 5) is 0. The van der Waals surface area contributed by atoms with Crippen LogP contribution in [0.4, 0.5) is 0 Å². The van der Waals surface area contributed by atoms with Crippen LogP contribution < -0.4 is 5.73 Å². The monoisotopic (exact) mass is 219 g/mol. The van der Waals surface area contributed by atoms with E-state index in [2.05, 4.69) is 45.0 Å². The third kappa shape index (κ3) is 2.28. The summed E-state index contributed by atoms with van der Waals surface area (Å²) in [7, 11) is 0. The Morgan fingerprint density at radius 3 is 2.25 bits per heavy atom. The third-order valence-corrected chi connectivity index (χ3v) is 3.24. The molecule has 1 aromatic rings. The molecular weight excluding hydrogens is 198 g/mol. The molecule has 1 aromatic carbocycles. The summed E-state index contributed by atoms with van der Waals surface area (Å²) in [5, 5.41) is 0. The van der Waals surface area contributed by atoms with Crippen molar-refractivity contribution in [1.82, 2.24) is 0 Å². The summed E-state index contributed by atoms with van der Waals surface area (Å²) >= 11 is 0. The van der Waals surface area contributed by atoms with Crippen LogP contribution in [0.25, 0.3) is 0 Å². The molecule has 1 heterocycles. The van der Waals surface area contributed by atoms with Gasteiger partial charge in [-0.2, -0.15) is 0 Å². The number of rotatable bonds is 1. The molecule has 1 aliphatic rings. The zero-order chi connectivity index (χ0) is 11.8. The predicted molar refractivity (Wildman–Crippen MR) is 66.4 cm³/mol. The van der Waals surface area contributed by atoms with Gasteiger partial charge < -0.3 is 10.5 Å². The Labute approximate surface area is 97.8 Å². The van der Waals surface area contributed by atoms with E-state index in [0.717, 1.165) is 13.0 Å². The molecule has 0 saturated carbocycles. The molecular formula is C14H21NO. The minimum atomic E-state index is 0.0917. The number of hydrogen-bond donors (Lipinski definition) is 1. The molecule has 88 valence electrons. The van der Waals surface area contributed by atoms with Gasteiger partial charge in [-0.05, 0) is 23.0 Å². The third-order valence-electron chi connectivity index (χ3n) is 3.24. The Kier molecular flexibility index (Phi) is 3.04. The summed E-state index contributed by atoms with van der Waals surface area (Å²) in [5.74, 6) is 0. The van der Waals surface area contributed by atoms with Gasteiger partial charge >= 0.3 is 0 Å². The lowest BCUT2D eigenvalue weighted by Crippen LogP contribution is -2.23. The largest absolute Gasteiger partial charge is 0.372 e. The predicted octanol–water partition coefficient (Wildman–Crippen LogP) is 2.77. The summed E-state index contributed by atoms with van der Waals surface area (Å²) < 4.78 is 5.65. The van der Waals surface area contributed by atoms with Gasteiger partial charge in [-0.25, -0.2) is 0 Å². The maximum absolute atomic E-state index is 6.01. The van der Waals surface area contributed by atoms with E-state index in [1.54, 1.807) is 0 Å². The standard InChI is InChI=1S/C14H21NO/c1-14(2,3)11-6-4-10(5-7-11)13-12(15)8-9-16-13/h4-7,12-13H,8-9,15H2,1-3H3. The van der Waals surface area contributed by atoms with E-state index in [1.807, 2.05) is 0 Å². The maximum atomic E-state index is 6.01. The first-order chi connectivity index (χ1) is 7.48. The maximum Gasteiger partial charge on any atom is 0.0976 e. The second-order valence-electron chi connectivity index (χ2n) is 5.62. The molecule has 2 N–H and O–H groups in total. The molecule has 16 heavy (non-hydrogen) atoms. The van der Waals surface area contributed by atoms with Crippen LogP contribution in [0.5, 0.6) is 0 Å². The van der Waals surface area contributed by atoms with Crippen molar-refractivity contribution < 1.29 is 4.74 Å².